The van der Waals surface area contributed by atoms with Gasteiger partial charge in [-0.15, -0.1) is 0 Å². The molecule has 0 spiro atoms. The molecule has 1 rings (SSSR count). The smallest absolute Gasteiger partial charge is 0.144 e. The van der Waals surface area contributed by atoms with Crippen molar-refractivity contribution in [3.05, 3.63) is 24.5 Å². The number of hydrogen-bond donors (Lipinski definition) is 0. The van der Waals surface area contributed by atoms with E-state index in [1.54, 1.807) is 12.4 Å². The largest absolute Gasteiger partial charge is 0.229 e. The molecule has 1 aromatic rings. The first-order valence-electron chi connectivity index (χ1n) is 2.87. The first kappa shape index (κ1) is 10.0. The summed E-state index contributed by atoms with van der Waals surface area (Å²) < 4.78 is 19.3. The van der Waals surface area contributed by atoms with E-state index in [2.05, 4.69) is 10.2 Å². The normalized spacial score (nSPS) is 9.64. The van der Waals surface area contributed by atoms with Crippen LogP contribution in [0, 0.1) is 0 Å². The molecule has 0 aliphatic heterocycles. The Kier molecular flexibility index (Phi) is 4.36. The molecule has 0 bridgehead atoms. The van der Waals surface area contributed by atoms with E-state index in [0.29, 0.717) is 0 Å². The van der Waals surface area contributed by atoms with Crippen molar-refractivity contribution in [3.8, 4) is 0 Å². The van der Waals surface area contributed by atoms with Gasteiger partial charge in [0.25, 0.3) is 0 Å². The molecule has 0 radical (unpaired) electrons. The highest BCUT2D eigenvalue weighted by Gasteiger charge is 1.79. The Morgan fingerprint density at radius 1 is 1.00 bits per heavy atom. The minimum atomic E-state index is -2.67. The lowest BCUT2D eigenvalue weighted by molar-refractivity contribution is 0.607. The topological polar surface area (TPSA) is 59.9 Å². The number of sulfone groups is 1. The molecule has 0 fully saturated rings. The molecule has 1 aromatic heterocycles. The van der Waals surface area contributed by atoms with Crippen molar-refractivity contribution in [2.75, 3.05) is 12.5 Å². The number of hydrogen-bond acceptors (Lipinski definition) is 4. The Labute approximate surface area is 66.2 Å². The second-order valence-corrected chi connectivity index (χ2v) is 4.34. The van der Waals surface area contributed by atoms with Crippen LogP contribution >= 0.6 is 0 Å². The zero-order valence-electron chi connectivity index (χ0n) is 6.43. The standard InChI is InChI=1S/C4H4N2.C2H6O2S/c1-2-4-6-5-3-1;1-5(2,3)4/h1-4H;1-2H3. The summed E-state index contributed by atoms with van der Waals surface area (Å²) in [6, 6.07) is 3.65. The molecule has 1 heterocycles. The van der Waals surface area contributed by atoms with E-state index in [1.807, 2.05) is 12.1 Å². The maximum Gasteiger partial charge on any atom is 0.144 e. The number of nitrogens with zero attached hydrogens (tertiary/aromatic N) is 2. The van der Waals surface area contributed by atoms with Gasteiger partial charge in [-0.1, -0.05) is 0 Å². The zero-order chi connectivity index (χ0) is 8.74. The van der Waals surface area contributed by atoms with Crippen molar-refractivity contribution in [2.45, 2.75) is 0 Å². The highest BCUT2D eigenvalue weighted by Crippen LogP contribution is 1.68. The quantitative estimate of drug-likeness (QED) is 0.561. The van der Waals surface area contributed by atoms with E-state index in [9.17, 15) is 8.42 Å². The molecule has 5 heteroatoms. The van der Waals surface area contributed by atoms with Crippen molar-refractivity contribution in [1.29, 1.82) is 0 Å². The van der Waals surface area contributed by atoms with Crippen molar-refractivity contribution in [3.63, 3.8) is 0 Å². The fraction of sp³-hybridized carbons (Fsp3) is 0.333. The van der Waals surface area contributed by atoms with Gasteiger partial charge in [-0.2, -0.15) is 10.2 Å². The molecule has 62 valence electrons. The van der Waals surface area contributed by atoms with E-state index in [1.165, 1.54) is 0 Å². The highest BCUT2D eigenvalue weighted by atomic mass is 32.2. The van der Waals surface area contributed by atoms with Crippen LogP contribution in [-0.4, -0.2) is 31.1 Å². The van der Waals surface area contributed by atoms with Gasteiger partial charge in [0.15, 0.2) is 0 Å². The van der Waals surface area contributed by atoms with E-state index < -0.39 is 9.84 Å². The zero-order valence-corrected chi connectivity index (χ0v) is 7.25. The van der Waals surface area contributed by atoms with Crippen molar-refractivity contribution in [1.82, 2.24) is 10.2 Å². The van der Waals surface area contributed by atoms with E-state index in [0.717, 1.165) is 12.5 Å². The molecule has 0 N–H and O–H groups in total. The summed E-state index contributed by atoms with van der Waals surface area (Å²) in [5.74, 6) is 0. The van der Waals surface area contributed by atoms with Gasteiger partial charge in [-0.3, -0.25) is 0 Å². The summed E-state index contributed by atoms with van der Waals surface area (Å²) >= 11 is 0. The summed E-state index contributed by atoms with van der Waals surface area (Å²) in [5, 5.41) is 7.07. The molecule has 0 aromatic carbocycles. The molecule has 11 heavy (non-hydrogen) atoms. The highest BCUT2D eigenvalue weighted by molar-refractivity contribution is 7.89. The van der Waals surface area contributed by atoms with Gasteiger partial charge in [0.05, 0.1) is 0 Å². The van der Waals surface area contributed by atoms with Gasteiger partial charge in [-0.05, 0) is 12.1 Å². The lowest BCUT2D eigenvalue weighted by Crippen LogP contribution is -1.86. The van der Waals surface area contributed by atoms with Crippen LogP contribution < -0.4 is 0 Å². The molecule has 0 amide bonds. The second kappa shape index (κ2) is 4.79. The van der Waals surface area contributed by atoms with Gasteiger partial charge < -0.3 is 0 Å². The summed E-state index contributed by atoms with van der Waals surface area (Å²) in [6.07, 6.45) is 5.60. The lowest BCUT2D eigenvalue weighted by Gasteiger charge is -1.69. The van der Waals surface area contributed by atoms with Crippen LogP contribution in [0.1, 0.15) is 0 Å². The van der Waals surface area contributed by atoms with Crippen LogP contribution in [0.25, 0.3) is 0 Å². The third kappa shape index (κ3) is 17.6. The van der Waals surface area contributed by atoms with Crippen LogP contribution in [0.3, 0.4) is 0 Å². The maximum absolute atomic E-state index is 9.63. The van der Waals surface area contributed by atoms with Crippen LogP contribution in [0.4, 0.5) is 0 Å². The number of rotatable bonds is 0. The Bertz CT molecular complexity index is 235. The molecule has 0 aliphatic carbocycles. The maximum atomic E-state index is 9.63. The molecule has 0 saturated heterocycles. The molecule has 0 aliphatic rings. The minimum absolute atomic E-state index is 1.16. The van der Waals surface area contributed by atoms with Crippen LogP contribution in [-0.2, 0) is 9.84 Å². The van der Waals surface area contributed by atoms with Crippen molar-refractivity contribution >= 4 is 9.84 Å². The summed E-state index contributed by atoms with van der Waals surface area (Å²) in [6.45, 7) is 0. The fourth-order valence-corrected chi connectivity index (χ4v) is 0.253. The lowest BCUT2D eigenvalue weighted by atomic mass is 10.6. The third-order valence-corrected chi connectivity index (χ3v) is 0.483. The molecule has 0 unspecified atom stereocenters. The minimum Gasteiger partial charge on any atom is -0.229 e. The number of aromatic nitrogens is 2. The first-order chi connectivity index (χ1) is 5.00. The van der Waals surface area contributed by atoms with Gasteiger partial charge in [0, 0.05) is 24.9 Å². The van der Waals surface area contributed by atoms with Crippen LogP contribution in [0.5, 0.6) is 0 Å². The van der Waals surface area contributed by atoms with Gasteiger partial charge >= 0.3 is 0 Å². The van der Waals surface area contributed by atoms with Gasteiger partial charge in [0.2, 0.25) is 0 Å². The Hall–Kier alpha value is -0.970. The van der Waals surface area contributed by atoms with Crippen molar-refractivity contribution in [2.24, 2.45) is 0 Å². The fourth-order valence-electron chi connectivity index (χ4n) is 0.253. The van der Waals surface area contributed by atoms with Crippen LogP contribution in [0.2, 0.25) is 0 Å². The van der Waals surface area contributed by atoms with E-state index in [-0.39, 0.29) is 0 Å². The third-order valence-electron chi connectivity index (χ3n) is 0.483. The average molecular weight is 174 g/mol. The molecular weight excluding hydrogens is 164 g/mol. The Balaban J connectivity index is 0.000000187. The van der Waals surface area contributed by atoms with Crippen LogP contribution in [0.15, 0.2) is 24.5 Å². The van der Waals surface area contributed by atoms with Gasteiger partial charge in [-0.25, -0.2) is 8.42 Å². The predicted octanol–water partition coefficient (Wildman–Crippen LogP) is 0.137. The molecule has 4 nitrogen and oxygen atoms in total. The monoisotopic (exact) mass is 174 g/mol. The molecule has 0 saturated carbocycles. The second-order valence-electron chi connectivity index (χ2n) is 2.06. The van der Waals surface area contributed by atoms with E-state index >= 15 is 0 Å². The molecule has 0 atom stereocenters. The summed E-state index contributed by atoms with van der Waals surface area (Å²) in [4.78, 5) is 0. The van der Waals surface area contributed by atoms with E-state index in [4.69, 9.17) is 0 Å². The Morgan fingerprint density at radius 2 is 1.27 bits per heavy atom. The first-order valence-corrected chi connectivity index (χ1v) is 5.17. The molecular formula is C6H10N2O2S. The average Bonchev–Trinajstić information content (AvgIpc) is 1.88. The van der Waals surface area contributed by atoms with Crippen molar-refractivity contribution < 1.29 is 8.42 Å². The predicted molar refractivity (Wildman–Crippen MR) is 42.8 cm³/mol. The Morgan fingerprint density at radius 3 is 1.36 bits per heavy atom. The summed E-state index contributed by atoms with van der Waals surface area (Å²) in [5.41, 5.74) is 0. The van der Waals surface area contributed by atoms with Gasteiger partial charge in [0.1, 0.15) is 9.84 Å². The SMILES string of the molecule is CS(C)(=O)=O.c1ccnnc1. The summed E-state index contributed by atoms with van der Waals surface area (Å²) in [7, 11) is -2.67.